The molecule has 10 heteroatoms. The van der Waals surface area contributed by atoms with Crippen LogP contribution in [0.4, 0.5) is 19.0 Å². The first-order chi connectivity index (χ1) is 14.5. The number of amides is 1. The van der Waals surface area contributed by atoms with E-state index in [1.807, 2.05) is 6.07 Å². The quantitative estimate of drug-likeness (QED) is 0.698. The second kappa shape index (κ2) is 8.18. The van der Waals surface area contributed by atoms with Crippen molar-refractivity contribution in [2.24, 2.45) is 5.92 Å². The molecule has 0 radical (unpaired) electrons. The number of nitriles is 1. The van der Waals surface area contributed by atoms with Crippen LogP contribution in [-0.4, -0.2) is 47.0 Å². The minimum absolute atomic E-state index is 0.0628. The first kappa shape index (κ1) is 19.9. The highest BCUT2D eigenvalue weighted by atomic mass is 19.2. The number of nitrogens with zero attached hydrogens (tertiary/aromatic N) is 5. The van der Waals surface area contributed by atoms with Gasteiger partial charge in [0.1, 0.15) is 24.0 Å². The van der Waals surface area contributed by atoms with Crippen LogP contribution in [-0.2, 0) is 11.3 Å². The Morgan fingerprint density at radius 1 is 1.17 bits per heavy atom. The van der Waals surface area contributed by atoms with Crippen LogP contribution < -0.4 is 9.64 Å². The van der Waals surface area contributed by atoms with Gasteiger partial charge in [0, 0.05) is 43.0 Å². The number of rotatable bonds is 2. The first-order valence-electron chi connectivity index (χ1n) is 9.53. The maximum Gasteiger partial charge on any atom is 0.251 e. The summed E-state index contributed by atoms with van der Waals surface area (Å²) >= 11 is 0. The molecule has 1 amide bonds. The summed E-state index contributed by atoms with van der Waals surface area (Å²) < 4.78 is 46.2. The minimum atomic E-state index is -1.35. The van der Waals surface area contributed by atoms with Gasteiger partial charge in [-0.05, 0) is 12.8 Å². The van der Waals surface area contributed by atoms with Gasteiger partial charge in [0.05, 0.1) is 13.1 Å². The number of hydrogen-bond acceptors (Lipinski definition) is 6. The van der Waals surface area contributed by atoms with Gasteiger partial charge in [-0.15, -0.1) is 0 Å². The number of fused-ring (bicyclic) bond motifs is 1. The molecular weight excluding hydrogens is 399 g/mol. The zero-order valence-electron chi connectivity index (χ0n) is 15.9. The van der Waals surface area contributed by atoms with Crippen molar-refractivity contribution >= 4 is 11.7 Å². The molecule has 0 N–H and O–H groups in total. The second-order valence-corrected chi connectivity index (χ2v) is 7.22. The van der Waals surface area contributed by atoms with Crippen LogP contribution in [0.2, 0.25) is 0 Å². The van der Waals surface area contributed by atoms with Crippen LogP contribution in [0.25, 0.3) is 0 Å². The molecule has 7 nitrogen and oxygen atoms in total. The van der Waals surface area contributed by atoms with E-state index in [1.165, 1.54) is 11.1 Å². The summed E-state index contributed by atoms with van der Waals surface area (Å²) in [6.45, 7) is 1.52. The van der Waals surface area contributed by atoms with Gasteiger partial charge in [0.2, 0.25) is 5.91 Å². The van der Waals surface area contributed by atoms with Crippen molar-refractivity contribution in [2.75, 3.05) is 31.1 Å². The molecule has 2 aliphatic rings. The van der Waals surface area contributed by atoms with Gasteiger partial charge < -0.3 is 14.5 Å². The number of anilines is 1. The van der Waals surface area contributed by atoms with E-state index in [1.54, 1.807) is 11.1 Å². The molecule has 0 aromatic carbocycles. The Morgan fingerprint density at radius 2 is 1.93 bits per heavy atom. The molecule has 0 bridgehead atoms. The lowest BCUT2D eigenvalue weighted by Crippen LogP contribution is -2.43. The van der Waals surface area contributed by atoms with E-state index < -0.39 is 17.6 Å². The second-order valence-electron chi connectivity index (χ2n) is 7.22. The topological polar surface area (TPSA) is 82.3 Å². The number of halogens is 3. The van der Waals surface area contributed by atoms with Gasteiger partial charge in [-0.25, -0.2) is 8.78 Å². The third-order valence-electron chi connectivity index (χ3n) is 5.38. The van der Waals surface area contributed by atoms with Crippen LogP contribution in [0, 0.1) is 34.8 Å². The molecule has 4 rings (SSSR count). The lowest BCUT2D eigenvalue weighted by Gasteiger charge is -2.34. The molecule has 0 unspecified atom stereocenters. The average molecular weight is 417 g/mol. The van der Waals surface area contributed by atoms with Gasteiger partial charge in [-0.1, -0.05) is 0 Å². The van der Waals surface area contributed by atoms with Gasteiger partial charge in [0.15, 0.2) is 17.5 Å². The highest BCUT2D eigenvalue weighted by molar-refractivity contribution is 5.79. The van der Waals surface area contributed by atoms with Gasteiger partial charge in [0.25, 0.3) is 5.95 Å². The Hall–Kier alpha value is -3.35. The molecule has 0 spiro atoms. The largest absolute Gasteiger partial charge is 0.490 e. The molecule has 2 aromatic heterocycles. The van der Waals surface area contributed by atoms with Gasteiger partial charge >= 0.3 is 0 Å². The Balaban J connectivity index is 1.43. The fraction of sp³-hybridized carbons (Fsp3) is 0.400. The van der Waals surface area contributed by atoms with Crippen molar-refractivity contribution in [1.82, 2.24) is 14.9 Å². The van der Waals surface area contributed by atoms with Crippen molar-refractivity contribution in [3.05, 3.63) is 47.2 Å². The Morgan fingerprint density at radius 3 is 2.67 bits per heavy atom. The molecule has 2 aliphatic heterocycles. The molecule has 30 heavy (non-hydrogen) atoms. The van der Waals surface area contributed by atoms with E-state index in [2.05, 4.69) is 9.97 Å². The maximum absolute atomic E-state index is 14.0. The Labute approximate surface area is 170 Å². The molecule has 0 saturated carbocycles. The number of carbonyl (C=O) groups excluding carboxylic acids is 1. The molecule has 1 saturated heterocycles. The lowest BCUT2D eigenvalue weighted by molar-refractivity contribution is -0.137. The van der Waals surface area contributed by atoms with E-state index in [0.717, 1.165) is 0 Å². The summed E-state index contributed by atoms with van der Waals surface area (Å²) in [6, 6.07) is 2.52. The summed E-state index contributed by atoms with van der Waals surface area (Å²) in [6.07, 6.45) is 3.87. The maximum atomic E-state index is 14.0. The molecule has 2 aromatic rings. The lowest BCUT2D eigenvalue weighted by atomic mass is 9.95. The third-order valence-corrected chi connectivity index (χ3v) is 5.38. The molecule has 1 fully saturated rings. The third kappa shape index (κ3) is 3.75. The van der Waals surface area contributed by atoms with Crippen molar-refractivity contribution < 1.29 is 22.7 Å². The van der Waals surface area contributed by atoms with Crippen LogP contribution in [0.1, 0.15) is 24.0 Å². The highest BCUT2D eigenvalue weighted by Crippen LogP contribution is 2.29. The van der Waals surface area contributed by atoms with E-state index in [0.29, 0.717) is 55.4 Å². The number of piperidine rings is 1. The van der Waals surface area contributed by atoms with Crippen molar-refractivity contribution in [2.45, 2.75) is 19.4 Å². The van der Waals surface area contributed by atoms with E-state index in [9.17, 15) is 23.2 Å². The van der Waals surface area contributed by atoms with E-state index in [4.69, 9.17) is 4.74 Å². The number of hydrogen-bond donors (Lipinski definition) is 0. The molecule has 0 atom stereocenters. The van der Waals surface area contributed by atoms with Gasteiger partial charge in [-0.3, -0.25) is 9.78 Å². The molecule has 4 heterocycles. The summed E-state index contributed by atoms with van der Waals surface area (Å²) in [5.41, 5.74) is 1.00. The number of carbonyl (C=O) groups is 1. The average Bonchev–Trinajstić information content (AvgIpc) is 2.98. The van der Waals surface area contributed by atoms with Crippen LogP contribution in [0.3, 0.4) is 0 Å². The van der Waals surface area contributed by atoms with Crippen LogP contribution in [0.5, 0.6) is 5.75 Å². The molecule has 0 aliphatic carbocycles. The smallest absolute Gasteiger partial charge is 0.251 e. The Bertz CT molecular complexity index is 1020. The van der Waals surface area contributed by atoms with E-state index in [-0.39, 0.29) is 30.8 Å². The predicted octanol–water partition coefficient (Wildman–Crippen LogP) is 2.40. The number of aromatic nitrogens is 2. The fourth-order valence-corrected chi connectivity index (χ4v) is 3.84. The zero-order valence-corrected chi connectivity index (χ0v) is 15.9. The zero-order chi connectivity index (χ0) is 21.3. The fourth-order valence-electron chi connectivity index (χ4n) is 3.84. The van der Waals surface area contributed by atoms with Crippen LogP contribution >= 0.6 is 0 Å². The summed E-state index contributed by atoms with van der Waals surface area (Å²) in [5, 5.41) is 9.20. The van der Waals surface area contributed by atoms with Gasteiger partial charge in [-0.2, -0.15) is 14.6 Å². The molecular formula is C20H18F3N5O2. The summed E-state index contributed by atoms with van der Waals surface area (Å²) in [4.78, 5) is 23.6. The normalized spacial score (nSPS) is 17.0. The van der Waals surface area contributed by atoms with Crippen molar-refractivity contribution in [3.8, 4) is 11.8 Å². The number of ether oxygens (including phenoxy) is 1. The summed E-state index contributed by atoms with van der Waals surface area (Å²) in [7, 11) is 0. The SMILES string of the molecule is N#Cc1cncc2c1OCCN(C(=O)C1CCN(c3nc(F)c(F)cc3F)CC1)C2. The number of pyridine rings is 2. The standard InChI is InChI=1S/C20H18F3N5O2/c21-15-7-16(22)19(26-18(15)23)27-3-1-12(2-4-27)20(29)28-5-6-30-17-13(8-24)9-25-10-14(17)11-28/h7,9-10,12H,1-6,11H2. The van der Waals surface area contributed by atoms with Crippen molar-refractivity contribution in [1.29, 1.82) is 5.26 Å². The van der Waals surface area contributed by atoms with Crippen molar-refractivity contribution in [3.63, 3.8) is 0 Å². The highest BCUT2D eigenvalue weighted by Gasteiger charge is 2.32. The van der Waals surface area contributed by atoms with Crippen LogP contribution in [0.15, 0.2) is 18.5 Å². The minimum Gasteiger partial charge on any atom is -0.490 e. The predicted molar refractivity (Wildman–Crippen MR) is 98.9 cm³/mol. The Kier molecular flexibility index (Phi) is 5.44. The molecule has 156 valence electrons. The van der Waals surface area contributed by atoms with E-state index >= 15 is 0 Å². The summed E-state index contributed by atoms with van der Waals surface area (Å²) in [5.74, 6) is -3.75. The monoisotopic (exact) mass is 417 g/mol. The first-order valence-corrected chi connectivity index (χ1v) is 9.53.